The summed E-state index contributed by atoms with van der Waals surface area (Å²) in [6, 6.07) is 35.1. The Morgan fingerprint density at radius 1 is 0.922 bits per heavy atom. The quantitative estimate of drug-likeness (QED) is 0.113. The molecule has 0 bridgehead atoms. The van der Waals surface area contributed by atoms with Gasteiger partial charge >= 0.3 is 5.97 Å². The molecule has 3 heterocycles. The molecule has 6 aromatic rings. The van der Waals surface area contributed by atoms with Crippen molar-refractivity contribution in [3.05, 3.63) is 154 Å². The number of benzene rings is 5. The van der Waals surface area contributed by atoms with Crippen LogP contribution in [0.1, 0.15) is 52.1 Å². The highest BCUT2D eigenvalue weighted by molar-refractivity contribution is 7.91. The van der Waals surface area contributed by atoms with Crippen LogP contribution >= 0.6 is 11.3 Å². The van der Waals surface area contributed by atoms with Crippen molar-refractivity contribution in [3.63, 3.8) is 0 Å². The molecule has 3 atom stereocenters. The second kappa shape index (κ2) is 18.7. The van der Waals surface area contributed by atoms with Crippen LogP contribution in [0.15, 0.2) is 119 Å². The first-order valence-corrected chi connectivity index (χ1v) is 22.6. The van der Waals surface area contributed by atoms with Crippen molar-refractivity contribution < 1.29 is 41.7 Å². The summed E-state index contributed by atoms with van der Waals surface area (Å²) >= 11 is 0.786. The Morgan fingerprint density at radius 2 is 1.61 bits per heavy atom. The van der Waals surface area contributed by atoms with E-state index in [1.807, 2.05) is 91.0 Å². The maximum atomic E-state index is 14.7. The van der Waals surface area contributed by atoms with Gasteiger partial charge in [0.25, 0.3) is 10.0 Å². The van der Waals surface area contributed by atoms with Crippen molar-refractivity contribution >= 4 is 44.3 Å². The van der Waals surface area contributed by atoms with Gasteiger partial charge in [0.1, 0.15) is 31.0 Å². The number of nitriles is 1. The first-order chi connectivity index (χ1) is 30.9. The minimum atomic E-state index is -4.44. The number of hydrogen-bond acceptors (Lipinski definition) is 12. The first kappa shape index (κ1) is 43.6. The molecule has 1 unspecified atom stereocenters. The van der Waals surface area contributed by atoms with Crippen molar-refractivity contribution in [2.45, 2.75) is 62.2 Å². The molecule has 8 rings (SSSR count). The predicted octanol–water partition coefficient (Wildman–Crippen LogP) is 7.06. The number of esters is 1. The summed E-state index contributed by atoms with van der Waals surface area (Å²) in [6.07, 6.45) is -0.473. The average molecular weight is 898 g/mol. The largest absolute Gasteiger partial charge is 0.489 e. The van der Waals surface area contributed by atoms with E-state index in [0.29, 0.717) is 46.1 Å². The highest BCUT2D eigenvalue weighted by Crippen LogP contribution is 2.42. The molecule has 326 valence electrons. The molecular weight excluding hydrogens is 855 g/mol. The van der Waals surface area contributed by atoms with E-state index < -0.39 is 46.0 Å². The molecule has 2 aliphatic heterocycles. The number of anilines is 1. The molecule has 5 aromatic carbocycles. The Labute approximate surface area is 374 Å². The maximum absolute atomic E-state index is 14.7. The van der Waals surface area contributed by atoms with Crippen LogP contribution in [-0.4, -0.2) is 61.3 Å². The molecule has 0 spiro atoms. The molecule has 64 heavy (non-hydrogen) atoms. The van der Waals surface area contributed by atoms with Gasteiger partial charge in [-0.2, -0.15) is 9.57 Å². The van der Waals surface area contributed by atoms with Gasteiger partial charge in [-0.3, -0.25) is 9.59 Å². The van der Waals surface area contributed by atoms with E-state index in [1.54, 1.807) is 24.3 Å². The standard InChI is InChI=1S/C48H43N5O9S2/c1-29-47(63-48(50-29)51-30(2)54)64(57,58)53-26-38-24-43-42(61-28-44(62-43)36-17-19-39(20-18-36)60-27-33-7-5-4-6-8-33)23-37(38)22-41(53)45(55)52-40(46(56)59-3)21-31-9-13-34(14-10-31)35-15-11-32(25-49)12-16-35/h4-20,23-24,40-41,44H,21-22,26-28H2,1-3H3,(H,52,55)(H,50,51,54)/t40-,41?,44+/m0/s1. The Morgan fingerprint density at radius 3 is 2.28 bits per heavy atom. The fourth-order valence-electron chi connectivity index (χ4n) is 7.63. The molecule has 0 saturated heterocycles. The number of sulfonamides is 1. The summed E-state index contributed by atoms with van der Waals surface area (Å²) in [7, 11) is -3.23. The number of carbonyl (C=O) groups excluding carboxylic acids is 3. The van der Waals surface area contributed by atoms with Gasteiger partial charge < -0.3 is 29.6 Å². The number of rotatable bonds is 13. The van der Waals surface area contributed by atoms with Gasteiger partial charge in [0.05, 0.1) is 24.4 Å². The number of aromatic nitrogens is 1. The fourth-order valence-corrected chi connectivity index (χ4v) is 10.8. The van der Waals surface area contributed by atoms with Crippen LogP contribution in [-0.2, 0) is 55.1 Å². The molecule has 14 nitrogen and oxygen atoms in total. The highest BCUT2D eigenvalue weighted by Gasteiger charge is 2.43. The summed E-state index contributed by atoms with van der Waals surface area (Å²) in [6.45, 7) is 3.22. The van der Waals surface area contributed by atoms with E-state index in [-0.39, 0.29) is 41.0 Å². The lowest BCUT2D eigenvalue weighted by molar-refractivity contribution is -0.145. The number of amides is 2. The number of hydrogen-bond donors (Lipinski definition) is 2. The van der Waals surface area contributed by atoms with Crippen molar-refractivity contribution in [3.8, 4) is 34.4 Å². The fraction of sp³-hybridized carbons (Fsp3) is 0.229. The van der Waals surface area contributed by atoms with Crippen molar-refractivity contribution in [1.29, 1.82) is 5.26 Å². The van der Waals surface area contributed by atoms with Crippen LogP contribution in [0.3, 0.4) is 0 Å². The minimum Gasteiger partial charge on any atom is -0.489 e. The van der Waals surface area contributed by atoms with Crippen LogP contribution in [0.25, 0.3) is 11.1 Å². The number of ether oxygens (including phenoxy) is 4. The lowest BCUT2D eigenvalue weighted by Gasteiger charge is -2.36. The normalized spacial score (nSPS) is 16.1. The van der Waals surface area contributed by atoms with E-state index in [1.165, 1.54) is 21.0 Å². The summed E-state index contributed by atoms with van der Waals surface area (Å²) in [5, 5.41) is 14.6. The van der Waals surface area contributed by atoms with Crippen molar-refractivity contribution in [2.75, 3.05) is 19.0 Å². The first-order valence-electron chi connectivity index (χ1n) is 20.3. The number of methoxy groups -OCH3 is 1. The van der Waals surface area contributed by atoms with Crippen LogP contribution in [0.2, 0.25) is 0 Å². The van der Waals surface area contributed by atoms with Crippen LogP contribution in [0.4, 0.5) is 5.13 Å². The molecule has 1 aromatic heterocycles. The van der Waals surface area contributed by atoms with Crippen LogP contribution < -0.4 is 24.8 Å². The number of nitrogens with one attached hydrogen (secondary N) is 2. The van der Waals surface area contributed by atoms with Gasteiger partial charge in [-0.25, -0.2) is 18.2 Å². The third-order valence-electron chi connectivity index (χ3n) is 10.9. The molecule has 2 amide bonds. The van der Waals surface area contributed by atoms with Crippen LogP contribution in [0, 0.1) is 18.3 Å². The molecular formula is C48H43N5O9S2. The van der Waals surface area contributed by atoms with Gasteiger partial charge in [0, 0.05) is 19.9 Å². The van der Waals surface area contributed by atoms with Crippen molar-refractivity contribution in [2.24, 2.45) is 0 Å². The number of thiazole rings is 1. The Hall–Kier alpha value is -7.06. The van der Waals surface area contributed by atoms with Gasteiger partial charge in [-0.15, -0.1) is 0 Å². The smallest absolute Gasteiger partial charge is 0.328 e. The lowest BCUT2D eigenvalue weighted by atomic mass is 9.93. The second-order valence-electron chi connectivity index (χ2n) is 15.3. The Kier molecular flexibility index (Phi) is 12.8. The SMILES string of the molecule is COC(=O)[C@H](Cc1ccc(-c2ccc(C#N)cc2)cc1)NC(=O)C1Cc2cc3c(cc2CN1S(=O)(=O)c1sc(NC(C)=O)nc1C)O[C@@H](c1ccc(OCc2ccccc2)cc1)CO3. The Balaban J connectivity index is 1.04. The van der Waals surface area contributed by atoms with Gasteiger partial charge in [-0.1, -0.05) is 90.2 Å². The van der Waals surface area contributed by atoms with E-state index >= 15 is 0 Å². The van der Waals surface area contributed by atoms with Gasteiger partial charge in [0.15, 0.2) is 26.9 Å². The topological polar surface area (TPSA) is 186 Å². The predicted molar refractivity (Wildman–Crippen MR) is 238 cm³/mol. The third-order valence-corrected chi connectivity index (χ3v) is 14.5. The van der Waals surface area contributed by atoms with Crippen LogP contribution in [0.5, 0.6) is 17.2 Å². The maximum Gasteiger partial charge on any atom is 0.328 e. The van der Waals surface area contributed by atoms with Gasteiger partial charge in [-0.05, 0) is 88.7 Å². The third kappa shape index (κ3) is 9.61. The molecule has 0 saturated carbocycles. The number of aryl methyl sites for hydroxylation is 1. The average Bonchev–Trinajstić information content (AvgIpc) is 3.69. The second-order valence-corrected chi connectivity index (χ2v) is 18.4. The van der Waals surface area contributed by atoms with Gasteiger partial charge in [0.2, 0.25) is 11.8 Å². The number of nitrogens with zero attached hydrogens (tertiary/aromatic N) is 3. The molecule has 0 aliphatic carbocycles. The lowest BCUT2D eigenvalue weighted by Crippen LogP contribution is -2.56. The molecule has 16 heteroatoms. The molecule has 2 N–H and O–H groups in total. The number of fused-ring (bicyclic) bond motifs is 2. The molecule has 0 radical (unpaired) electrons. The summed E-state index contributed by atoms with van der Waals surface area (Å²) in [5.41, 5.74) is 6.36. The van der Waals surface area contributed by atoms with E-state index in [4.69, 9.17) is 24.2 Å². The highest BCUT2D eigenvalue weighted by atomic mass is 32.2. The Bertz CT molecular complexity index is 2840. The zero-order valence-corrected chi connectivity index (χ0v) is 36.7. The monoisotopic (exact) mass is 897 g/mol. The molecule has 0 fully saturated rings. The summed E-state index contributed by atoms with van der Waals surface area (Å²) < 4.78 is 54.1. The van der Waals surface area contributed by atoms with E-state index in [2.05, 4.69) is 21.7 Å². The number of carbonyl (C=O) groups is 3. The minimum absolute atomic E-state index is 0.0550. The van der Waals surface area contributed by atoms with Crippen molar-refractivity contribution in [1.82, 2.24) is 14.6 Å². The zero-order chi connectivity index (χ0) is 45.0. The van der Waals surface area contributed by atoms with E-state index in [9.17, 15) is 22.8 Å². The van der Waals surface area contributed by atoms with E-state index in [0.717, 1.165) is 37.9 Å². The summed E-state index contributed by atoms with van der Waals surface area (Å²) in [4.78, 5) is 43.9. The molecule has 2 aliphatic rings. The summed E-state index contributed by atoms with van der Waals surface area (Å²) in [5.74, 6) is -0.281. The zero-order valence-electron chi connectivity index (χ0n) is 35.1.